The van der Waals surface area contributed by atoms with Gasteiger partial charge in [-0.3, -0.25) is 0 Å². The molecule has 0 unspecified atom stereocenters. The summed E-state index contributed by atoms with van der Waals surface area (Å²) in [5.74, 6) is 0. The summed E-state index contributed by atoms with van der Waals surface area (Å²) in [5, 5.41) is 0. The van der Waals surface area contributed by atoms with Gasteiger partial charge in [-0.05, 0) is 30.0 Å². The standard InChI is InChI=1S/C13H18O/c1-3-5-12-7-9-13(10-8-12)6-4-11-14-2/h4,7-11H,3,5-6H2,1-2H3. The average Bonchev–Trinajstić information content (AvgIpc) is 2.21. The fourth-order valence-electron chi connectivity index (χ4n) is 1.41. The minimum absolute atomic E-state index is 0.945. The molecule has 0 radical (unpaired) electrons. The van der Waals surface area contributed by atoms with E-state index in [1.54, 1.807) is 13.4 Å². The fourth-order valence-corrected chi connectivity index (χ4v) is 1.41. The van der Waals surface area contributed by atoms with Gasteiger partial charge in [-0.15, -0.1) is 0 Å². The van der Waals surface area contributed by atoms with Crippen LogP contribution < -0.4 is 0 Å². The molecule has 0 saturated carbocycles. The summed E-state index contributed by atoms with van der Waals surface area (Å²) in [7, 11) is 1.67. The number of aryl methyl sites for hydroxylation is 1. The zero-order valence-corrected chi connectivity index (χ0v) is 8.99. The molecule has 1 rings (SSSR count). The first-order valence-electron chi connectivity index (χ1n) is 5.12. The van der Waals surface area contributed by atoms with E-state index in [1.165, 1.54) is 24.0 Å². The zero-order valence-electron chi connectivity index (χ0n) is 8.99. The molecule has 0 aliphatic heterocycles. The van der Waals surface area contributed by atoms with Gasteiger partial charge in [0, 0.05) is 0 Å². The molecule has 0 aliphatic carbocycles. The molecule has 0 bridgehead atoms. The van der Waals surface area contributed by atoms with Gasteiger partial charge < -0.3 is 4.74 Å². The van der Waals surface area contributed by atoms with Crippen LogP contribution in [-0.4, -0.2) is 7.11 Å². The van der Waals surface area contributed by atoms with E-state index in [1.807, 2.05) is 6.08 Å². The predicted molar refractivity (Wildman–Crippen MR) is 60.3 cm³/mol. The average molecular weight is 190 g/mol. The summed E-state index contributed by atoms with van der Waals surface area (Å²) in [6.07, 6.45) is 7.08. The van der Waals surface area contributed by atoms with Crippen molar-refractivity contribution in [2.45, 2.75) is 26.2 Å². The van der Waals surface area contributed by atoms with Gasteiger partial charge in [-0.1, -0.05) is 37.6 Å². The molecule has 0 atom stereocenters. The molecular weight excluding hydrogens is 172 g/mol. The summed E-state index contributed by atoms with van der Waals surface area (Å²) in [6.45, 7) is 2.20. The van der Waals surface area contributed by atoms with E-state index in [0.29, 0.717) is 0 Å². The Kier molecular flexibility index (Phi) is 4.84. The molecule has 0 saturated heterocycles. The van der Waals surface area contributed by atoms with Crippen molar-refractivity contribution in [2.75, 3.05) is 7.11 Å². The Morgan fingerprint density at radius 1 is 1.14 bits per heavy atom. The molecule has 14 heavy (non-hydrogen) atoms. The van der Waals surface area contributed by atoms with Crippen LogP contribution in [0.4, 0.5) is 0 Å². The largest absolute Gasteiger partial charge is 0.505 e. The second-order valence-electron chi connectivity index (χ2n) is 3.38. The van der Waals surface area contributed by atoms with Gasteiger partial charge in [-0.25, -0.2) is 0 Å². The molecule has 0 fully saturated rings. The second kappa shape index (κ2) is 6.25. The number of methoxy groups -OCH3 is 1. The van der Waals surface area contributed by atoms with Gasteiger partial charge >= 0.3 is 0 Å². The van der Waals surface area contributed by atoms with Gasteiger partial charge in [0.25, 0.3) is 0 Å². The molecule has 0 heterocycles. The van der Waals surface area contributed by atoms with Crippen LogP contribution in [0.1, 0.15) is 24.5 Å². The second-order valence-corrected chi connectivity index (χ2v) is 3.38. The zero-order chi connectivity index (χ0) is 10.2. The summed E-state index contributed by atoms with van der Waals surface area (Å²) in [6, 6.07) is 8.79. The highest BCUT2D eigenvalue weighted by atomic mass is 16.5. The first-order valence-corrected chi connectivity index (χ1v) is 5.12. The van der Waals surface area contributed by atoms with Crippen molar-refractivity contribution in [3.8, 4) is 0 Å². The lowest BCUT2D eigenvalue weighted by atomic mass is 10.1. The lowest BCUT2D eigenvalue weighted by molar-refractivity contribution is 0.337. The molecule has 0 amide bonds. The van der Waals surface area contributed by atoms with Crippen molar-refractivity contribution in [2.24, 2.45) is 0 Å². The minimum atomic E-state index is 0.945. The molecule has 0 aliphatic rings. The molecule has 0 aromatic heterocycles. The maximum Gasteiger partial charge on any atom is 0.0788 e. The molecule has 1 aromatic rings. The van der Waals surface area contributed by atoms with Gasteiger partial charge in [0.2, 0.25) is 0 Å². The van der Waals surface area contributed by atoms with Crippen LogP contribution in [0.15, 0.2) is 36.6 Å². The van der Waals surface area contributed by atoms with E-state index in [0.717, 1.165) is 6.42 Å². The monoisotopic (exact) mass is 190 g/mol. The minimum Gasteiger partial charge on any atom is -0.505 e. The third-order valence-corrected chi connectivity index (χ3v) is 2.15. The van der Waals surface area contributed by atoms with Crippen LogP contribution in [-0.2, 0) is 17.6 Å². The van der Waals surface area contributed by atoms with Crippen molar-refractivity contribution in [3.63, 3.8) is 0 Å². The van der Waals surface area contributed by atoms with Gasteiger partial charge in [0.05, 0.1) is 13.4 Å². The Morgan fingerprint density at radius 2 is 1.79 bits per heavy atom. The van der Waals surface area contributed by atoms with Gasteiger partial charge in [0.15, 0.2) is 0 Å². The first-order chi connectivity index (χ1) is 6.86. The summed E-state index contributed by atoms with van der Waals surface area (Å²) in [4.78, 5) is 0. The van der Waals surface area contributed by atoms with Crippen molar-refractivity contribution in [1.82, 2.24) is 0 Å². The van der Waals surface area contributed by atoms with Crippen LogP contribution in [0.3, 0.4) is 0 Å². The smallest absolute Gasteiger partial charge is 0.0788 e. The Bertz CT molecular complexity index is 272. The highest BCUT2D eigenvalue weighted by Crippen LogP contribution is 2.07. The molecule has 0 spiro atoms. The lowest BCUT2D eigenvalue weighted by Gasteiger charge is -2.00. The third-order valence-electron chi connectivity index (χ3n) is 2.15. The molecule has 1 nitrogen and oxygen atoms in total. The van der Waals surface area contributed by atoms with Gasteiger partial charge in [0.1, 0.15) is 0 Å². The van der Waals surface area contributed by atoms with Crippen LogP contribution in [0.25, 0.3) is 0 Å². The lowest BCUT2D eigenvalue weighted by Crippen LogP contribution is -1.85. The normalized spacial score (nSPS) is 10.7. The fraction of sp³-hybridized carbons (Fsp3) is 0.385. The number of allylic oxidation sites excluding steroid dienone is 1. The maximum absolute atomic E-state index is 4.85. The highest BCUT2D eigenvalue weighted by molar-refractivity contribution is 5.24. The van der Waals surface area contributed by atoms with E-state index in [-0.39, 0.29) is 0 Å². The van der Waals surface area contributed by atoms with Crippen molar-refractivity contribution in [1.29, 1.82) is 0 Å². The maximum atomic E-state index is 4.85. The predicted octanol–water partition coefficient (Wildman–Crippen LogP) is 3.34. The molecule has 76 valence electrons. The van der Waals surface area contributed by atoms with E-state index in [2.05, 4.69) is 31.2 Å². The van der Waals surface area contributed by atoms with Crippen LogP contribution >= 0.6 is 0 Å². The van der Waals surface area contributed by atoms with E-state index in [9.17, 15) is 0 Å². The number of hydrogen-bond acceptors (Lipinski definition) is 1. The number of ether oxygens (including phenoxy) is 1. The van der Waals surface area contributed by atoms with Crippen LogP contribution in [0.2, 0.25) is 0 Å². The molecule has 0 N–H and O–H groups in total. The number of rotatable bonds is 5. The Labute approximate surface area is 86.4 Å². The van der Waals surface area contributed by atoms with Crippen molar-refractivity contribution in [3.05, 3.63) is 47.7 Å². The van der Waals surface area contributed by atoms with E-state index >= 15 is 0 Å². The summed E-state index contributed by atoms with van der Waals surface area (Å²) < 4.78 is 4.85. The quantitative estimate of drug-likeness (QED) is 0.647. The molecular formula is C13H18O. The molecule has 1 heteroatoms. The van der Waals surface area contributed by atoms with Gasteiger partial charge in [-0.2, -0.15) is 0 Å². The first kappa shape index (κ1) is 10.8. The number of benzene rings is 1. The van der Waals surface area contributed by atoms with Crippen LogP contribution in [0.5, 0.6) is 0 Å². The van der Waals surface area contributed by atoms with Crippen molar-refractivity contribution < 1.29 is 4.74 Å². The van der Waals surface area contributed by atoms with Crippen molar-refractivity contribution >= 4 is 0 Å². The number of hydrogen-bond donors (Lipinski definition) is 0. The SMILES string of the molecule is CCCc1ccc(CC=COC)cc1. The molecule has 1 aromatic carbocycles. The third kappa shape index (κ3) is 3.65. The van der Waals surface area contributed by atoms with Crippen LogP contribution in [0, 0.1) is 0 Å². The van der Waals surface area contributed by atoms with E-state index < -0.39 is 0 Å². The Morgan fingerprint density at radius 3 is 2.36 bits per heavy atom. The Hall–Kier alpha value is -1.24. The topological polar surface area (TPSA) is 9.23 Å². The summed E-state index contributed by atoms with van der Waals surface area (Å²) in [5.41, 5.74) is 2.75. The van der Waals surface area contributed by atoms with E-state index in [4.69, 9.17) is 4.74 Å². The summed E-state index contributed by atoms with van der Waals surface area (Å²) >= 11 is 0. The Balaban J connectivity index is 2.50. The highest BCUT2D eigenvalue weighted by Gasteiger charge is 1.92.